The Morgan fingerprint density at radius 2 is 0.731 bits per heavy atom. The zero-order valence-electron chi connectivity index (χ0n) is 29.5. The van der Waals surface area contributed by atoms with Crippen molar-refractivity contribution in [2.24, 2.45) is 0 Å². The zero-order chi connectivity index (χ0) is 34.8. The van der Waals surface area contributed by atoms with E-state index in [-0.39, 0.29) is 5.41 Å². The molecule has 0 N–H and O–H groups in total. The number of benzene rings is 8. The van der Waals surface area contributed by atoms with Crippen molar-refractivity contribution in [2.45, 2.75) is 25.7 Å². The molecule has 0 spiro atoms. The zero-order valence-corrected chi connectivity index (χ0v) is 29.5. The van der Waals surface area contributed by atoms with E-state index in [2.05, 4.69) is 196 Å². The fourth-order valence-electron chi connectivity index (χ4n) is 8.92. The second kappa shape index (κ2) is 11.9. The summed E-state index contributed by atoms with van der Waals surface area (Å²) in [6, 6.07) is 67.5. The molecule has 0 aromatic heterocycles. The molecule has 0 heteroatoms. The van der Waals surface area contributed by atoms with E-state index in [4.69, 9.17) is 0 Å². The van der Waals surface area contributed by atoms with Gasteiger partial charge in [-0.3, -0.25) is 0 Å². The smallest absolute Gasteiger partial charge is 0.0158 e. The molecule has 0 fully saturated rings. The van der Waals surface area contributed by atoms with Crippen LogP contribution in [0, 0.1) is 0 Å². The van der Waals surface area contributed by atoms with Crippen molar-refractivity contribution >= 4 is 0 Å². The summed E-state index contributed by atoms with van der Waals surface area (Å²) < 4.78 is 0. The van der Waals surface area contributed by atoms with Crippen molar-refractivity contribution in [1.82, 2.24) is 0 Å². The predicted molar refractivity (Wildman–Crippen MR) is 219 cm³/mol. The summed E-state index contributed by atoms with van der Waals surface area (Å²) in [7, 11) is 0. The predicted octanol–water partition coefficient (Wildman–Crippen LogP) is 13.9. The van der Waals surface area contributed by atoms with Crippen LogP contribution in [0.15, 0.2) is 182 Å². The maximum absolute atomic E-state index is 2.41. The van der Waals surface area contributed by atoms with E-state index in [9.17, 15) is 0 Å². The minimum atomic E-state index is 0.00266. The number of fused-ring (bicyclic) bond motifs is 6. The van der Waals surface area contributed by atoms with Crippen molar-refractivity contribution in [3.8, 4) is 77.9 Å². The van der Waals surface area contributed by atoms with Gasteiger partial charge in [0.1, 0.15) is 0 Å². The van der Waals surface area contributed by atoms with Crippen molar-refractivity contribution in [2.75, 3.05) is 0 Å². The average molecular weight is 663 g/mol. The highest BCUT2D eigenvalue weighted by Gasteiger charge is 2.35. The molecule has 0 atom stereocenters. The molecule has 10 rings (SSSR count). The van der Waals surface area contributed by atoms with Crippen LogP contribution < -0.4 is 0 Å². The largest absolute Gasteiger partial charge is 0.0622 e. The highest BCUT2D eigenvalue weighted by atomic mass is 14.4. The molecule has 2 aliphatic rings. The van der Waals surface area contributed by atoms with Crippen LogP contribution in [0.3, 0.4) is 0 Å². The Labute approximate surface area is 306 Å². The second-order valence-corrected chi connectivity index (χ2v) is 14.9. The molecule has 0 radical (unpaired) electrons. The third kappa shape index (κ3) is 4.90. The van der Waals surface area contributed by atoms with Crippen LogP contribution in [-0.2, 0) is 11.8 Å². The lowest BCUT2D eigenvalue weighted by molar-refractivity contribution is 0.660. The fourth-order valence-corrected chi connectivity index (χ4v) is 8.92. The minimum Gasteiger partial charge on any atom is -0.0622 e. The summed E-state index contributed by atoms with van der Waals surface area (Å²) in [5.74, 6) is 0. The lowest BCUT2D eigenvalue weighted by Crippen LogP contribution is -2.14. The Morgan fingerprint density at radius 3 is 1.44 bits per heavy atom. The standard InChI is InChI=1S/C52H38/c1-52(2)50-25-10-9-20-46(50)49-32-38(26-27-51(49)52)36-18-11-19-37(28-36)40-29-39(34-14-5-3-6-15-34)30-41(31-40)43-22-13-24-45-44-23-12-21-42(47(44)33-48(43)45)35-16-7-4-8-17-35/h3-32H,33H2,1-2H3. The van der Waals surface area contributed by atoms with E-state index in [0.29, 0.717) is 0 Å². The summed E-state index contributed by atoms with van der Waals surface area (Å²) in [6.07, 6.45) is 0.921. The maximum atomic E-state index is 2.41. The van der Waals surface area contributed by atoms with Gasteiger partial charge in [-0.25, -0.2) is 0 Å². The molecule has 8 aromatic carbocycles. The van der Waals surface area contributed by atoms with Gasteiger partial charge in [-0.15, -0.1) is 0 Å². The van der Waals surface area contributed by atoms with Crippen LogP contribution in [0.25, 0.3) is 77.9 Å². The lowest BCUT2D eigenvalue weighted by Gasteiger charge is -2.21. The Morgan fingerprint density at radius 1 is 0.288 bits per heavy atom. The quantitative estimate of drug-likeness (QED) is 0.172. The third-order valence-corrected chi connectivity index (χ3v) is 11.5. The summed E-state index contributed by atoms with van der Waals surface area (Å²) in [5.41, 5.74) is 23.6. The van der Waals surface area contributed by atoms with E-state index >= 15 is 0 Å². The van der Waals surface area contributed by atoms with E-state index in [1.807, 2.05) is 0 Å². The molecular formula is C52H38. The van der Waals surface area contributed by atoms with Gasteiger partial charge in [0.15, 0.2) is 0 Å². The SMILES string of the molecule is CC1(C)c2ccccc2-c2cc(-c3cccc(-c4cc(-c5ccccc5)cc(-c5cccc6c5Cc5c(-c7ccccc7)cccc5-6)c4)c3)ccc21. The first-order chi connectivity index (χ1) is 25.5. The molecule has 0 nitrogen and oxygen atoms in total. The Hall–Kier alpha value is -6.24. The van der Waals surface area contributed by atoms with Crippen LogP contribution in [0.2, 0.25) is 0 Å². The van der Waals surface area contributed by atoms with Crippen molar-refractivity contribution < 1.29 is 0 Å². The third-order valence-electron chi connectivity index (χ3n) is 11.5. The first-order valence-corrected chi connectivity index (χ1v) is 18.4. The van der Waals surface area contributed by atoms with Gasteiger partial charge in [0.05, 0.1) is 0 Å². The molecule has 52 heavy (non-hydrogen) atoms. The van der Waals surface area contributed by atoms with Crippen LogP contribution >= 0.6 is 0 Å². The van der Waals surface area contributed by atoms with Gasteiger partial charge < -0.3 is 0 Å². The highest BCUT2D eigenvalue weighted by Crippen LogP contribution is 2.50. The Kier molecular flexibility index (Phi) is 7.01. The topological polar surface area (TPSA) is 0 Å². The molecule has 0 unspecified atom stereocenters. The van der Waals surface area contributed by atoms with Crippen LogP contribution in [-0.4, -0.2) is 0 Å². The van der Waals surface area contributed by atoms with Gasteiger partial charge in [-0.1, -0.05) is 166 Å². The van der Waals surface area contributed by atoms with Crippen LogP contribution in [0.1, 0.15) is 36.1 Å². The van der Waals surface area contributed by atoms with Gasteiger partial charge in [0.25, 0.3) is 0 Å². The second-order valence-electron chi connectivity index (χ2n) is 14.9. The van der Waals surface area contributed by atoms with Gasteiger partial charge in [0, 0.05) is 5.41 Å². The first-order valence-electron chi connectivity index (χ1n) is 18.4. The molecule has 0 saturated heterocycles. The highest BCUT2D eigenvalue weighted by molar-refractivity contribution is 5.92. The molecule has 2 aliphatic carbocycles. The normalized spacial score (nSPS) is 13.3. The minimum absolute atomic E-state index is 0.00266. The molecule has 0 bridgehead atoms. The Bertz CT molecular complexity index is 2660. The van der Waals surface area contributed by atoms with E-state index in [1.165, 1.54) is 100 Å². The lowest BCUT2D eigenvalue weighted by atomic mass is 9.82. The van der Waals surface area contributed by atoms with E-state index in [1.54, 1.807) is 0 Å². The van der Waals surface area contributed by atoms with Crippen molar-refractivity contribution in [3.63, 3.8) is 0 Å². The Balaban J connectivity index is 1.09. The van der Waals surface area contributed by atoms with Crippen molar-refractivity contribution in [1.29, 1.82) is 0 Å². The number of rotatable bonds is 5. The van der Waals surface area contributed by atoms with Gasteiger partial charge in [0.2, 0.25) is 0 Å². The maximum Gasteiger partial charge on any atom is 0.0158 e. The number of hydrogen-bond donors (Lipinski definition) is 0. The summed E-state index contributed by atoms with van der Waals surface area (Å²) in [5, 5.41) is 0. The first kappa shape index (κ1) is 30.6. The fraction of sp³-hybridized carbons (Fsp3) is 0.0769. The summed E-state index contributed by atoms with van der Waals surface area (Å²) in [6.45, 7) is 4.69. The van der Waals surface area contributed by atoms with E-state index < -0.39 is 0 Å². The van der Waals surface area contributed by atoms with Crippen LogP contribution in [0.5, 0.6) is 0 Å². The van der Waals surface area contributed by atoms with E-state index in [0.717, 1.165) is 6.42 Å². The molecular weight excluding hydrogens is 625 g/mol. The molecule has 0 heterocycles. The number of hydrogen-bond acceptors (Lipinski definition) is 0. The molecule has 0 amide bonds. The molecule has 0 saturated carbocycles. The molecule has 246 valence electrons. The summed E-state index contributed by atoms with van der Waals surface area (Å²) in [4.78, 5) is 0. The van der Waals surface area contributed by atoms with Gasteiger partial charge in [-0.2, -0.15) is 0 Å². The van der Waals surface area contributed by atoms with Crippen molar-refractivity contribution in [3.05, 3.63) is 204 Å². The summed E-state index contributed by atoms with van der Waals surface area (Å²) >= 11 is 0. The molecule has 0 aliphatic heterocycles. The monoisotopic (exact) mass is 662 g/mol. The average Bonchev–Trinajstić information content (AvgIpc) is 3.70. The van der Waals surface area contributed by atoms with Gasteiger partial charge >= 0.3 is 0 Å². The van der Waals surface area contributed by atoms with Crippen LogP contribution in [0.4, 0.5) is 0 Å². The molecule has 8 aromatic rings. The van der Waals surface area contributed by atoms with Gasteiger partial charge in [-0.05, 0) is 137 Å².